The lowest BCUT2D eigenvalue weighted by Crippen LogP contribution is -2.76. The van der Waals surface area contributed by atoms with E-state index in [4.69, 9.17) is 4.74 Å². The van der Waals surface area contributed by atoms with Gasteiger partial charge in [-0.05, 0) is 80.1 Å². The summed E-state index contributed by atoms with van der Waals surface area (Å²) in [7, 11) is -3.04. The first kappa shape index (κ1) is 31.2. The van der Waals surface area contributed by atoms with Crippen molar-refractivity contribution in [2.45, 2.75) is 0 Å². The molecule has 1 aliphatic heterocycles. The molecule has 1 unspecified atom stereocenters. The van der Waals surface area contributed by atoms with E-state index < -0.39 is 8.07 Å². The Morgan fingerprint density at radius 2 is 0.857 bits per heavy atom. The zero-order valence-corrected chi connectivity index (χ0v) is 31.4. The molecule has 12 rings (SSSR count). The molecular weight excluding hydrogens is 697 g/mol. The number of benzene rings is 9. The third kappa shape index (κ3) is 4.27. The van der Waals surface area contributed by atoms with Gasteiger partial charge in [0.15, 0.2) is 13.8 Å². The highest BCUT2D eigenvalue weighted by atomic mass is 28.3. The molecule has 0 saturated heterocycles. The summed E-state index contributed by atoms with van der Waals surface area (Å²) < 4.78 is 12.0. The highest BCUT2D eigenvalue weighted by Gasteiger charge is 2.49. The van der Waals surface area contributed by atoms with Crippen molar-refractivity contribution in [3.05, 3.63) is 206 Å². The first-order valence-electron chi connectivity index (χ1n) is 19.3. The van der Waals surface area contributed by atoms with Crippen LogP contribution in [0.4, 0.5) is 0 Å². The lowest BCUT2D eigenvalue weighted by molar-refractivity contribution is 0.485. The van der Waals surface area contributed by atoms with Crippen molar-refractivity contribution >= 4 is 83.2 Å². The summed E-state index contributed by atoms with van der Waals surface area (Å²) in [6, 6.07) is 75.8. The van der Waals surface area contributed by atoms with Crippen molar-refractivity contribution < 1.29 is 4.74 Å². The molecule has 2 aromatic heterocycles. The van der Waals surface area contributed by atoms with Gasteiger partial charge in [-0.3, -0.25) is 0 Å². The van der Waals surface area contributed by atoms with Crippen LogP contribution in [0.2, 0.25) is 0 Å². The second kappa shape index (κ2) is 11.9. The van der Waals surface area contributed by atoms with Gasteiger partial charge >= 0.3 is 0 Å². The van der Waals surface area contributed by atoms with Gasteiger partial charge in [-0.2, -0.15) is 0 Å². The zero-order chi connectivity index (χ0) is 36.8. The van der Waals surface area contributed by atoms with Crippen LogP contribution < -0.4 is 25.5 Å². The van der Waals surface area contributed by atoms with Gasteiger partial charge in [0.25, 0.3) is 0 Å². The lowest BCUT2D eigenvalue weighted by atomic mass is 10.1. The monoisotopic (exact) mass is 730 g/mol. The van der Waals surface area contributed by atoms with Crippen molar-refractivity contribution in [1.29, 1.82) is 0 Å². The fraction of sp³-hybridized carbons (Fsp3) is 0. The van der Waals surface area contributed by atoms with Crippen LogP contribution in [0.25, 0.3) is 65.8 Å². The Balaban J connectivity index is 1.17. The molecule has 0 spiro atoms. The molecule has 56 heavy (non-hydrogen) atoms. The Kier molecular flexibility index (Phi) is 6.65. The molecule has 0 N–H and O–H groups in total. The number of hydrogen-bond donors (Lipinski definition) is 0. The van der Waals surface area contributed by atoms with E-state index in [1.807, 2.05) is 0 Å². The maximum Gasteiger partial charge on any atom is 0.188 e. The predicted octanol–water partition coefficient (Wildman–Crippen LogP) is 10.5. The molecule has 0 radical (unpaired) electrons. The van der Waals surface area contributed by atoms with Crippen LogP contribution in [-0.4, -0.2) is 17.2 Å². The Bertz CT molecular complexity index is 3250. The minimum Gasteiger partial charge on any atom is -0.455 e. The maximum absolute atomic E-state index is 7.20. The fourth-order valence-electron chi connectivity index (χ4n) is 9.68. The van der Waals surface area contributed by atoms with Crippen LogP contribution in [0, 0.1) is 0 Å². The van der Waals surface area contributed by atoms with Gasteiger partial charge in [0.2, 0.25) is 0 Å². The van der Waals surface area contributed by atoms with E-state index in [1.54, 1.807) is 0 Å². The molecule has 0 amide bonds. The highest BCUT2D eigenvalue weighted by Crippen LogP contribution is 2.39. The van der Waals surface area contributed by atoms with Crippen LogP contribution in [0.15, 0.2) is 206 Å². The third-order valence-corrected chi connectivity index (χ3v) is 16.8. The molecule has 1 aliphatic rings. The van der Waals surface area contributed by atoms with E-state index in [0.717, 1.165) is 33.9 Å². The molecule has 0 fully saturated rings. The quantitative estimate of drug-likeness (QED) is 0.165. The van der Waals surface area contributed by atoms with Gasteiger partial charge < -0.3 is 13.9 Å². The van der Waals surface area contributed by atoms with Gasteiger partial charge in [0, 0.05) is 27.2 Å². The summed E-state index contributed by atoms with van der Waals surface area (Å²) in [4.78, 5) is 0. The van der Waals surface area contributed by atoms with Crippen LogP contribution in [-0.2, 0) is 0 Å². The van der Waals surface area contributed by atoms with Crippen molar-refractivity contribution in [1.82, 2.24) is 9.13 Å². The number of ether oxygens (including phenoxy) is 1. The number of fused-ring (bicyclic) bond motifs is 9. The van der Waals surface area contributed by atoms with E-state index in [1.165, 1.54) is 64.1 Å². The van der Waals surface area contributed by atoms with Crippen LogP contribution in [0.5, 0.6) is 11.5 Å². The van der Waals surface area contributed by atoms with Crippen molar-refractivity contribution in [2.24, 2.45) is 0 Å². The number of hydrogen-bond acceptors (Lipinski definition) is 1. The maximum atomic E-state index is 7.20. The van der Waals surface area contributed by atoms with E-state index in [9.17, 15) is 0 Å². The molecule has 4 heteroatoms. The molecular formula is C52H34N2OSi. The zero-order valence-electron chi connectivity index (χ0n) is 30.4. The van der Waals surface area contributed by atoms with Gasteiger partial charge in [0.05, 0.1) is 27.8 Å². The van der Waals surface area contributed by atoms with Crippen LogP contribution in [0.1, 0.15) is 0 Å². The molecule has 262 valence electrons. The highest BCUT2D eigenvalue weighted by molar-refractivity contribution is 7.21. The molecule has 0 aliphatic carbocycles. The predicted molar refractivity (Wildman–Crippen MR) is 236 cm³/mol. The van der Waals surface area contributed by atoms with Crippen molar-refractivity contribution in [3.8, 4) is 22.9 Å². The first-order valence-corrected chi connectivity index (χ1v) is 21.3. The van der Waals surface area contributed by atoms with E-state index in [0.29, 0.717) is 0 Å². The minimum absolute atomic E-state index is 0.916. The number of rotatable bonds is 4. The Labute approximate surface area is 324 Å². The Morgan fingerprint density at radius 1 is 0.357 bits per heavy atom. The minimum atomic E-state index is -3.04. The second-order valence-electron chi connectivity index (χ2n) is 14.9. The number of para-hydroxylation sites is 6. The standard InChI is InChI=1S/C52H34N2OSi/c1-2-15-36-34-39(31-28-35(36)14-1)56(38-32-29-37(30-33-38)53-44-20-7-3-16-40(44)41-17-4-8-21-45(41)53)50-26-12-11-25-49(50)55-52-48(24-13-27-51(52)56)54-46-22-9-5-18-42(46)43-19-6-10-23-47(43)54/h1-34H. The molecule has 11 aromatic rings. The Morgan fingerprint density at radius 3 is 1.50 bits per heavy atom. The summed E-state index contributed by atoms with van der Waals surface area (Å²) in [5.74, 6) is 1.84. The molecule has 3 heterocycles. The summed E-state index contributed by atoms with van der Waals surface area (Å²) in [6.45, 7) is 0. The normalized spacial score (nSPS) is 15.0. The summed E-state index contributed by atoms with van der Waals surface area (Å²) >= 11 is 0. The summed E-state index contributed by atoms with van der Waals surface area (Å²) in [6.07, 6.45) is 0. The van der Waals surface area contributed by atoms with Crippen molar-refractivity contribution in [3.63, 3.8) is 0 Å². The molecule has 9 aromatic carbocycles. The van der Waals surface area contributed by atoms with Crippen LogP contribution in [0.3, 0.4) is 0 Å². The van der Waals surface area contributed by atoms with Gasteiger partial charge in [-0.15, -0.1) is 0 Å². The van der Waals surface area contributed by atoms with Gasteiger partial charge in [0.1, 0.15) is 5.75 Å². The first-order chi connectivity index (χ1) is 27.8. The topological polar surface area (TPSA) is 19.1 Å². The SMILES string of the molecule is c1ccc2c(c1)Oc1c(-n3c4ccccc4c4ccccc43)cccc1[Si]2(c1ccc(-n2c3ccccc3c3ccccc32)cc1)c1ccc2ccccc2c1. The molecule has 0 saturated carbocycles. The largest absolute Gasteiger partial charge is 0.455 e. The average Bonchev–Trinajstić information content (AvgIpc) is 3.78. The fourth-order valence-corrected chi connectivity index (χ4v) is 14.6. The smallest absolute Gasteiger partial charge is 0.188 e. The van der Waals surface area contributed by atoms with Gasteiger partial charge in [-0.1, -0.05) is 158 Å². The van der Waals surface area contributed by atoms with Crippen LogP contribution >= 0.6 is 0 Å². The summed E-state index contributed by atoms with van der Waals surface area (Å²) in [5, 5.41) is 12.6. The Hall–Kier alpha value is -7.14. The lowest BCUT2D eigenvalue weighted by Gasteiger charge is -2.40. The van der Waals surface area contributed by atoms with Gasteiger partial charge in [-0.25, -0.2) is 0 Å². The number of aromatic nitrogens is 2. The molecule has 3 nitrogen and oxygen atoms in total. The second-order valence-corrected chi connectivity index (χ2v) is 18.6. The number of nitrogens with zero attached hydrogens (tertiary/aromatic N) is 2. The molecule has 0 bridgehead atoms. The average molecular weight is 731 g/mol. The van der Waals surface area contributed by atoms with E-state index >= 15 is 0 Å². The summed E-state index contributed by atoms with van der Waals surface area (Å²) in [5.41, 5.74) is 6.94. The van der Waals surface area contributed by atoms with E-state index in [-0.39, 0.29) is 0 Å². The van der Waals surface area contributed by atoms with E-state index in [2.05, 4.69) is 215 Å². The molecule has 1 atom stereocenters. The van der Waals surface area contributed by atoms with Crippen molar-refractivity contribution in [2.75, 3.05) is 0 Å². The third-order valence-electron chi connectivity index (χ3n) is 12.0.